The fourth-order valence-corrected chi connectivity index (χ4v) is 16.6. The second-order valence-corrected chi connectivity index (χ2v) is 19.3. The number of allylic oxidation sites excluding steroid dienone is 1. The molecule has 0 atom stereocenters. The minimum Gasteiger partial charge on any atom is -0.313 e. The smallest absolute Gasteiger partial charge is 0.252 e. The summed E-state index contributed by atoms with van der Waals surface area (Å²) in [5.41, 5.74) is 15.5. The van der Waals surface area contributed by atoms with Crippen LogP contribution < -0.4 is 31.7 Å². The van der Waals surface area contributed by atoms with E-state index < -0.39 is 8.07 Å². The standard InChI is InChI=1S/C47H31BN2Si/c1-47(2)35-22-11-9-20-32(35)40-46(47)49-37-24-12-10-19-30(37)33-27-34-31-21-13-25-38-42(31)50-44(34)41(43(33)49)48(40)36-23-14-26-39(45(36)50)51(38,28-15-5-3-6-16-28)29-17-7-4-8-18-29/h3-27H,1-2H3. The van der Waals surface area contributed by atoms with Crippen molar-refractivity contribution >= 4 is 101 Å². The van der Waals surface area contributed by atoms with Crippen LogP contribution >= 0.6 is 0 Å². The molecule has 2 aromatic heterocycles. The van der Waals surface area contributed by atoms with Crippen molar-refractivity contribution in [1.29, 1.82) is 0 Å². The minimum absolute atomic E-state index is 0.123. The molecule has 7 aromatic carbocycles. The Labute approximate surface area is 297 Å². The Morgan fingerprint density at radius 3 is 1.96 bits per heavy atom. The highest BCUT2D eigenvalue weighted by Gasteiger charge is 2.54. The van der Waals surface area contributed by atoms with Crippen LogP contribution in [0.25, 0.3) is 60.5 Å². The molecule has 0 saturated heterocycles. The fraction of sp³-hybridized carbons (Fsp3) is 0.0638. The van der Waals surface area contributed by atoms with Gasteiger partial charge in [-0.2, -0.15) is 0 Å². The van der Waals surface area contributed by atoms with E-state index in [1.54, 1.807) is 0 Å². The van der Waals surface area contributed by atoms with Crippen molar-refractivity contribution in [1.82, 2.24) is 9.13 Å². The number of para-hydroxylation sites is 3. The molecular weight excluding hydrogens is 631 g/mol. The summed E-state index contributed by atoms with van der Waals surface area (Å²) in [5.74, 6) is 0. The second kappa shape index (κ2) is 8.71. The summed E-state index contributed by atoms with van der Waals surface area (Å²) in [4.78, 5) is 0. The van der Waals surface area contributed by atoms with Crippen LogP contribution in [0.15, 0.2) is 152 Å². The van der Waals surface area contributed by atoms with Crippen molar-refractivity contribution in [2.24, 2.45) is 0 Å². The van der Waals surface area contributed by atoms with Gasteiger partial charge < -0.3 is 9.13 Å². The van der Waals surface area contributed by atoms with E-state index >= 15 is 0 Å². The Hall–Kier alpha value is -5.84. The number of hydrogen-bond donors (Lipinski definition) is 0. The van der Waals surface area contributed by atoms with Crippen LogP contribution in [0.3, 0.4) is 0 Å². The van der Waals surface area contributed by atoms with Crippen LogP contribution in [0, 0.1) is 0 Å². The molecule has 236 valence electrons. The van der Waals surface area contributed by atoms with Crippen molar-refractivity contribution in [3.8, 4) is 5.69 Å². The van der Waals surface area contributed by atoms with E-state index in [9.17, 15) is 0 Å². The van der Waals surface area contributed by atoms with Gasteiger partial charge >= 0.3 is 0 Å². The summed E-state index contributed by atoms with van der Waals surface area (Å²) in [6, 6.07) is 58.5. The lowest BCUT2D eigenvalue weighted by atomic mass is 9.33. The summed E-state index contributed by atoms with van der Waals surface area (Å²) in [6.45, 7) is 5.03. The van der Waals surface area contributed by atoms with E-state index in [1.165, 1.54) is 103 Å². The zero-order valence-corrected chi connectivity index (χ0v) is 29.4. The third-order valence-corrected chi connectivity index (χ3v) is 17.9. The first-order valence-corrected chi connectivity index (χ1v) is 20.2. The highest BCUT2D eigenvalue weighted by molar-refractivity contribution is 7.22. The molecule has 0 unspecified atom stereocenters. The van der Waals surface area contributed by atoms with Crippen molar-refractivity contribution in [2.45, 2.75) is 19.3 Å². The molecule has 13 rings (SSSR count). The predicted molar refractivity (Wildman–Crippen MR) is 219 cm³/mol. The van der Waals surface area contributed by atoms with E-state index in [0.717, 1.165) is 0 Å². The zero-order chi connectivity index (χ0) is 33.4. The first kappa shape index (κ1) is 27.0. The average Bonchev–Trinajstić information content (AvgIpc) is 3.78. The number of nitrogens with zero attached hydrogens (tertiary/aromatic N) is 2. The van der Waals surface area contributed by atoms with Gasteiger partial charge in [0.1, 0.15) is 0 Å². The predicted octanol–water partition coefficient (Wildman–Crippen LogP) is 6.72. The molecule has 0 fully saturated rings. The monoisotopic (exact) mass is 662 g/mol. The number of benzene rings is 7. The first-order valence-electron chi connectivity index (χ1n) is 18.2. The fourth-order valence-electron chi connectivity index (χ4n) is 11.4. The molecule has 9 aromatic rings. The summed E-state index contributed by atoms with van der Waals surface area (Å²) in [5, 5.41) is 11.3. The lowest BCUT2D eigenvalue weighted by Gasteiger charge is -2.43. The van der Waals surface area contributed by atoms with Gasteiger partial charge in [-0.1, -0.05) is 153 Å². The summed E-state index contributed by atoms with van der Waals surface area (Å²) in [6.07, 6.45) is 0. The maximum atomic E-state index is 2.73. The summed E-state index contributed by atoms with van der Waals surface area (Å²) < 4.78 is 5.41. The minimum atomic E-state index is -2.76. The van der Waals surface area contributed by atoms with E-state index in [4.69, 9.17) is 0 Å². The van der Waals surface area contributed by atoms with Gasteiger partial charge in [0.2, 0.25) is 0 Å². The van der Waals surface area contributed by atoms with Crippen molar-refractivity contribution in [3.63, 3.8) is 0 Å². The van der Waals surface area contributed by atoms with Crippen molar-refractivity contribution < 1.29 is 0 Å². The molecule has 0 N–H and O–H groups in total. The number of hydrogen-bond acceptors (Lipinski definition) is 0. The van der Waals surface area contributed by atoms with Gasteiger partial charge in [-0.3, -0.25) is 0 Å². The Morgan fingerprint density at radius 1 is 0.529 bits per heavy atom. The van der Waals surface area contributed by atoms with Crippen molar-refractivity contribution in [2.75, 3.05) is 0 Å². The van der Waals surface area contributed by atoms with Crippen LogP contribution in [0.1, 0.15) is 25.0 Å². The molecule has 5 heterocycles. The number of aromatic nitrogens is 2. The van der Waals surface area contributed by atoms with Gasteiger partial charge in [-0.25, -0.2) is 0 Å². The first-order chi connectivity index (χ1) is 25.1. The Morgan fingerprint density at radius 2 is 1.16 bits per heavy atom. The SMILES string of the molecule is CC1(C)C2=C(B3c4cccc5c4-n4c6c(cccc6c6cc7c8ccccc8n2c7c3c64)[Si]5(c2ccccc2)c2ccccc2)c2ccccc21. The van der Waals surface area contributed by atoms with Gasteiger partial charge in [0.15, 0.2) is 8.07 Å². The van der Waals surface area contributed by atoms with Gasteiger partial charge in [-0.05, 0) is 60.4 Å². The van der Waals surface area contributed by atoms with Crippen LogP contribution in [-0.4, -0.2) is 23.9 Å². The largest absolute Gasteiger partial charge is 0.313 e. The van der Waals surface area contributed by atoms with E-state index in [-0.39, 0.29) is 12.1 Å². The zero-order valence-electron chi connectivity index (χ0n) is 28.4. The maximum absolute atomic E-state index is 2.76. The molecule has 0 saturated carbocycles. The molecule has 0 radical (unpaired) electrons. The molecule has 0 spiro atoms. The lowest BCUT2D eigenvalue weighted by Crippen LogP contribution is -2.77. The Balaban J connectivity index is 1.34. The molecule has 2 nitrogen and oxygen atoms in total. The lowest BCUT2D eigenvalue weighted by molar-refractivity contribution is 0.676. The Kier molecular flexibility index (Phi) is 4.61. The highest BCUT2D eigenvalue weighted by atomic mass is 28.3. The quantitative estimate of drug-likeness (QED) is 0.182. The third-order valence-electron chi connectivity index (χ3n) is 13.1. The summed E-state index contributed by atoms with van der Waals surface area (Å²) in [7, 11) is -2.76. The number of fused-ring (bicyclic) bond motifs is 9. The normalized spacial score (nSPS) is 16.6. The summed E-state index contributed by atoms with van der Waals surface area (Å²) >= 11 is 0. The van der Waals surface area contributed by atoms with Crippen LogP contribution in [0.4, 0.5) is 0 Å². The molecule has 1 aliphatic carbocycles. The van der Waals surface area contributed by atoms with Gasteiger partial charge in [0, 0.05) is 38.3 Å². The molecule has 0 bridgehead atoms. The average molecular weight is 663 g/mol. The van der Waals surface area contributed by atoms with Crippen molar-refractivity contribution in [3.05, 3.63) is 163 Å². The van der Waals surface area contributed by atoms with E-state index in [2.05, 4.69) is 175 Å². The van der Waals surface area contributed by atoms with Gasteiger partial charge in [0.05, 0.1) is 22.1 Å². The highest BCUT2D eigenvalue weighted by Crippen LogP contribution is 2.55. The van der Waals surface area contributed by atoms with Crippen LogP contribution in [0.2, 0.25) is 0 Å². The van der Waals surface area contributed by atoms with Gasteiger partial charge in [-0.15, -0.1) is 0 Å². The molecule has 0 amide bonds. The van der Waals surface area contributed by atoms with E-state index in [0.29, 0.717) is 0 Å². The van der Waals surface area contributed by atoms with E-state index in [1.807, 2.05) is 0 Å². The molecule has 3 aliphatic heterocycles. The molecule has 4 aliphatic rings. The topological polar surface area (TPSA) is 9.86 Å². The Bertz CT molecular complexity index is 3070. The number of rotatable bonds is 2. The molecule has 51 heavy (non-hydrogen) atoms. The van der Waals surface area contributed by atoms with Crippen LogP contribution in [-0.2, 0) is 5.41 Å². The van der Waals surface area contributed by atoms with Crippen LogP contribution in [0.5, 0.6) is 0 Å². The third kappa shape index (κ3) is 2.78. The molecule has 4 heteroatoms. The maximum Gasteiger partial charge on any atom is 0.252 e. The van der Waals surface area contributed by atoms with Gasteiger partial charge in [0.25, 0.3) is 6.71 Å². The molecular formula is C47H31BN2Si. The second-order valence-electron chi connectivity index (χ2n) is 15.6.